The number of nitrogens with zero attached hydrogens (tertiary/aromatic N) is 6. The quantitative estimate of drug-likeness (QED) is 0.390. The minimum absolute atomic E-state index is 0.170. The van der Waals surface area contributed by atoms with Gasteiger partial charge in [0.15, 0.2) is 0 Å². The molecule has 1 amide bonds. The second-order valence-corrected chi connectivity index (χ2v) is 6.55. The molecule has 2 heterocycles. The van der Waals surface area contributed by atoms with E-state index < -0.39 is 10.8 Å². The molecule has 4 rings (SSSR count). The van der Waals surface area contributed by atoms with Crippen molar-refractivity contribution in [1.29, 1.82) is 0 Å². The van der Waals surface area contributed by atoms with Gasteiger partial charge in [0.05, 0.1) is 4.92 Å². The van der Waals surface area contributed by atoms with E-state index in [1.54, 1.807) is 18.3 Å². The van der Waals surface area contributed by atoms with Crippen LogP contribution >= 0.6 is 0 Å². The Morgan fingerprint density at radius 2 is 2.00 bits per heavy atom. The molecule has 1 N–H and O–H groups in total. The van der Waals surface area contributed by atoms with E-state index in [2.05, 4.69) is 20.4 Å². The number of anilines is 1. The second-order valence-electron chi connectivity index (χ2n) is 6.55. The normalized spacial score (nSPS) is 10.7. The third kappa shape index (κ3) is 3.92. The zero-order valence-corrected chi connectivity index (χ0v) is 16.0. The van der Waals surface area contributed by atoms with Crippen LogP contribution in [0.5, 0.6) is 0 Å². The molecular formula is C20H17N7O3. The molecule has 0 saturated carbocycles. The van der Waals surface area contributed by atoms with Crippen molar-refractivity contribution in [1.82, 2.24) is 24.3 Å². The average Bonchev–Trinajstić information content (AvgIpc) is 3.41. The van der Waals surface area contributed by atoms with Crippen molar-refractivity contribution in [2.45, 2.75) is 13.5 Å². The first-order chi connectivity index (χ1) is 14.5. The van der Waals surface area contributed by atoms with Gasteiger partial charge in [-0.2, -0.15) is 5.10 Å². The molecule has 0 atom stereocenters. The molecule has 0 aliphatic carbocycles. The van der Waals surface area contributed by atoms with Crippen molar-refractivity contribution in [3.8, 4) is 5.69 Å². The highest BCUT2D eigenvalue weighted by Crippen LogP contribution is 2.24. The van der Waals surface area contributed by atoms with Crippen LogP contribution in [0.1, 0.15) is 21.7 Å². The lowest BCUT2D eigenvalue weighted by Crippen LogP contribution is -2.13. The number of hydrogen-bond acceptors (Lipinski definition) is 6. The summed E-state index contributed by atoms with van der Waals surface area (Å²) >= 11 is 0. The molecule has 30 heavy (non-hydrogen) atoms. The summed E-state index contributed by atoms with van der Waals surface area (Å²) in [5.41, 5.74) is 1.81. The number of carbonyl (C=O) groups is 1. The number of aryl methyl sites for hydroxylation is 1. The largest absolute Gasteiger partial charge is 0.331 e. The number of imidazole rings is 1. The Hall–Kier alpha value is -4.34. The maximum atomic E-state index is 12.6. The number of aromatic nitrogens is 5. The van der Waals surface area contributed by atoms with Crippen LogP contribution in [0.4, 0.5) is 11.4 Å². The molecule has 0 aliphatic rings. The Morgan fingerprint density at radius 1 is 1.20 bits per heavy atom. The molecule has 150 valence electrons. The van der Waals surface area contributed by atoms with Gasteiger partial charge in [0, 0.05) is 36.3 Å². The number of benzene rings is 2. The van der Waals surface area contributed by atoms with Crippen LogP contribution in [0.3, 0.4) is 0 Å². The van der Waals surface area contributed by atoms with Crippen molar-refractivity contribution in [3.63, 3.8) is 0 Å². The molecule has 10 nitrogen and oxygen atoms in total. The zero-order valence-electron chi connectivity index (χ0n) is 16.0. The van der Waals surface area contributed by atoms with Crippen LogP contribution in [0, 0.1) is 17.0 Å². The summed E-state index contributed by atoms with van der Waals surface area (Å²) < 4.78 is 3.30. The average molecular weight is 403 g/mol. The Morgan fingerprint density at radius 3 is 2.63 bits per heavy atom. The third-order valence-electron chi connectivity index (χ3n) is 4.59. The van der Waals surface area contributed by atoms with Crippen LogP contribution in [0.15, 0.2) is 67.5 Å². The number of amides is 1. The molecule has 10 heteroatoms. The maximum absolute atomic E-state index is 12.6. The van der Waals surface area contributed by atoms with Gasteiger partial charge in [-0.05, 0) is 36.8 Å². The fraction of sp³-hybridized carbons (Fsp3) is 0.100. The van der Waals surface area contributed by atoms with Crippen LogP contribution < -0.4 is 5.32 Å². The Bertz CT molecular complexity index is 1200. The lowest BCUT2D eigenvalue weighted by Gasteiger charge is -2.09. The van der Waals surface area contributed by atoms with Gasteiger partial charge in [-0.3, -0.25) is 14.9 Å². The first-order valence-corrected chi connectivity index (χ1v) is 9.03. The number of nitro groups is 1. The predicted octanol–water partition coefficient (Wildman–Crippen LogP) is 2.98. The number of rotatable bonds is 6. The summed E-state index contributed by atoms with van der Waals surface area (Å²) in [6.45, 7) is 2.61. The van der Waals surface area contributed by atoms with Gasteiger partial charge in [-0.15, -0.1) is 0 Å². The molecule has 0 radical (unpaired) electrons. The Balaban J connectivity index is 1.50. The minimum Gasteiger partial charge on any atom is -0.331 e. The SMILES string of the molecule is Cc1nccn1Cc1ccc(NC(=O)c2ccc(-n3cncn3)c([N+](=O)[O-])c2)cc1. The molecule has 0 bridgehead atoms. The number of carbonyl (C=O) groups excluding carboxylic acids is 1. The summed E-state index contributed by atoms with van der Waals surface area (Å²) in [5, 5.41) is 18.1. The van der Waals surface area contributed by atoms with E-state index in [0.717, 1.165) is 11.4 Å². The molecule has 0 saturated heterocycles. The van der Waals surface area contributed by atoms with E-state index in [4.69, 9.17) is 0 Å². The number of hydrogen-bond donors (Lipinski definition) is 1. The Kier molecular flexibility index (Phi) is 5.04. The van der Waals surface area contributed by atoms with E-state index >= 15 is 0 Å². The van der Waals surface area contributed by atoms with Gasteiger partial charge in [-0.25, -0.2) is 14.6 Å². The molecule has 0 aliphatic heterocycles. The van der Waals surface area contributed by atoms with E-state index in [1.165, 1.54) is 35.5 Å². The second kappa shape index (κ2) is 7.95. The van der Waals surface area contributed by atoms with Gasteiger partial charge < -0.3 is 9.88 Å². The van der Waals surface area contributed by atoms with Crippen molar-refractivity contribution in [3.05, 3.63) is 94.6 Å². The van der Waals surface area contributed by atoms with Crippen LogP contribution in [0.25, 0.3) is 5.69 Å². The van der Waals surface area contributed by atoms with Crippen molar-refractivity contribution >= 4 is 17.3 Å². The third-order valence-corrected chi connectivity index (χ3v) is 4.59. The van der Waals surface area contributed by atoms with Crippen molar-refractivity contribution in [2.75, 3.05) is 5.32 Å². The molecule has 2 aromatic carbocycles. The number of nitrogens with one attached hydrogen (secondary N) is 1. The fourth-order valence-electron chi connectivity index (χ4n) is 3.00. The fourth-order valence-corrected chi connectivity index (χ4v) is 3.00. The predicted molar refractivity (Wildman–Crippen MR) is 108 cm³/mol. The monoisotopic (exact) mass is 403 g/mol. The van der Waals surface area contributed by atoms with Crippen LogP contribution in [0.2, 0.25) is 0 Å². The zero-order chi connectivity index (χ0) is 21.1. The van der Waals surface area contributed by atoms with E-state index in [-0.39, 0.29) is 16.9 Å². The molecular weight excluding hydrogens is 386 g/mol. The highest BCUT2D eigenvalue weighted by molar-refractivity contribution is 6.04. The summed E-state index contributed by atoms with van der Waals surface area (Å²) in [6, 6.07) is 11.6. The molecule has 0 spiro atoms. The van der Waals surface area contributed by atoms with E-state index in [1.807, 2.05) is 29.8 Å². The highest BCUT2D eigenvalue weighted by Gasteiger charge is 2.19. The van der Waals surface area contributed by atoms with Gasteiger partial charge in [0.1, 0.15) is 24.2 Å². The minimum atomic E-state index is -0.555. The molecule has 4 aromatic rings. The smallest absolute Gasteiger partial charge is 0.295 e. The van der Waals surface area contributed by atoms with Crippen LogP contribution in [-0.2, 0) is 6.54 Å². The first kappa shape index (κ1) is 19.0. The topological polar surface area (TPSA) is 121 Å². The highest BCUT2D eigenvalue weighted by atomic mass is 16.6. The first-order valence-electron chi connectivity index (χ1n) is 9.03. The summed E-state index contributed by atoms with van der Waals surface area (Å²) in [4.78, 5) is 31.5. The summed E-state index contributed by atoms with van der Waals surface area (Å²) in [6.07, 6.45) is 6.29. The van der Waals surface area contributed by atoms with Gasteiger partial charge >= 0.3 is 0 Å². The van der Waals surface area contributed by atoms with Gasteiger partial charge in [-0.1, -0.05) is 12.1 Å². The number of nitro benzene ring substituents is 1. The van der Waals surface area contributed by atoms with Crippen molar-refractivity contribution < 1.29 is 9.72 Å². The standard InChI is InChI=1S/C20H17N7O3/c1-14-22-8-9-25(14)11-15-2-5-17(6-3-15)24-20(28)16-4-7-18(19(10-16)27(29)30)26-13-21-12-23-26/h2-10,12-13H,11H2,1H3,(H,24,28). The molecule has 0 unspecified atom stereocenters. The lowest BCUT2D eigenvalue weighted by atomic mass is 10.1. The summed E-state index contributed by atoms with van der Waals surface area (Å²) in [5.74, 6) is 0.477. The Labute approximate surface area is 171 Å². The molecule has 0 fully saturated rings. The molecule has 2 aromatic heterocycles. The van der Waals surface area contributed by atoms with Gasteiger partial charge in [0.25, 0.3) is 11.6 Å². The lowest BCUT2D eigenvalue weighted by molar-refractivity contribution is -0.384. The maximum Gasteiger partial charge on any atom is 0.295 e. The van der Waals surface area contributed by atoms with Crippen molar-refractivity contribution in [2.24, 2.45) is 0 Å². The summed E-state index contributed by atoms with van der Waals surface area (Å²) in [7, 11) is 0. The van der Waals surface area contributed by atoms with Gasteiger partial charge in [0.2, 0.25) is 0 Å². The van der Waals surface area contributed by atoms with E-state index in [9.17, 15) is 14.9 Å². The van der Waals surface area contributed by atoms with E-state index in [0.29, 0.717) is 12.2 Å². The van der Waals surface area contributed by atoms with Crippen LogP contribution in [-0.4, -0.2) is 35.1 Å².